The van der Waals surface area contributed by atoms with Gasteiger partial charge in [0.15, 0.2) is 0 Å². The van der Waals surface area contributed by atoms with Crippen molar-refractivity contribution in [2.75, 3.05) is 11.9 Å². The summed E-state index contributed by atoms with van der Waals surface area (Å²) >= 11 is 0. The molecule has 0 saturated heterocycles. The first-order chi connectivity index (χ1) is 18.5. The van der Waals surface area contributed by atoms with Crippen LogP contribution in [0, 0.1) is 0 Å². The Morgan fingerprint density at radius 3 is 2.03 bits per heavy atom. The van der Waals surface area contributed by atoms with E-state index in [4.69, 9.17) is 15.6 Å². The van der Waals surface area contributed by atoms with Crippen molar-refractivity contribution in [2.45, 2.75) is 37.8 Å². The first-order valence-corrected chi connectivity index (χ1v) is 12.4. The van der Waals surface area contributed by atoms with Crippen LogP contribution in [0.4, 0.5) is 15.3 Å². The van der Waals surface area contributed by atoms with Crippen LogP contribution in [-0.4, -0.2) is 47.3 Å². The molecule has 0 radical (unpaired) electrons. The lowest BCUT2D eigenvalue weighted by atomic mass is 9.98. The molecule has 0 heterocycles. The molecule has 202 valence electrons. The van der Waals surface area contributed by atoms with Gasteiger partial charge in [-0.1, -0.05) is 60.7 Å². The lowest BCUT2D eigenvalue weighted by Crippen LogP contribution is -2.58. The van der Waals surface area contributed by atoms with Crippen molar-refractivity contribution in [3.05, 3.63) is 89.5 Å². The van der Waals surface area contributed by atoms with Crippen LogP contribution in [0.25, 0.3) is 11.1 Å². The second-order valence-corrected chi connectivity index (χ2v) is 9.83. The van der Waals surface area contributed by atoms with Gasteiger partial charge in [-0.05, 0) is 53.8 Å². The minimum Gasteiger partial charge on any atom is -0.465 e. The molecular weight excluding hydrogens is 500 g/mol. The third kappa shape index (κ3) is 6.35. The predicted molar refractivity (Wildman–Crippen MR) is 145 cm³/mol. The smallest absolute Gasteiger partial charge is 0.411 e. The molecule has 10 heteroatoms. The second kappa shape index (κ2) is 11.3. The van der Waals surface area contributed by atoms with Crippen molar-refractivity contribution in [2.24, 2.45) is 5.73 Å². The molecule has 10 nitrogen and oxygen atoms in total. The minimum absolute atomic E-state index is 0.0121. The Labute approximate surface area is 225 Å². The summed E-state index contributed by atoms with van der Waals surface area (Å²) in [5.41, 5.74) is 9.54. The molecule has 1 atom stereocenters. The number of carbonyl (C=O) groups excluding carboxylic acids is 3. The molecule has 1 aliphatic rings. The fourth-order valence-electron chi connectivity index (χ4n) is 4.53. The van der Waals surface area contributed by atoms with Crippen LogP contribution in [0.3, 0.4) is 0 Å². The Hall–Kier alpha value is -4.86. The number of hydrogen-bond donors (Lipinski definition) is 5. The van der Waals surface area contributed by atoms with Gasteiger partial charge < -0.3 is 26.2 Å². The molecule has 0 aromatic heterocycles. The van der Waals surface area contributed by atoms with Crippen LogP contribution >= 0.6 is 0 Å². The number of nitrogens with two attached hydrogens (primary N) is 1. The van der Waals surface area contributed by atoms with Crippen LogP contribution in [0.2, 0.25) is 0 Å². The highest BCUT2D eigenvalue weighted by atomic mass is 16.5. The molecule has 0 aliphatic heterocycles. The lowest BCUT2D eigenvalue weighted by Gasteiger charge is -2.26. The zero-order valence-electron chi connectivity index (χ0n) is 21.6. The Kier molecular flexibility index (Phi) is 7.85. The summed E-state index contributed by atoms with van der Waals surface area (Å²) in [7, 11) is 0. The molecule has 39 heavy (non-hydrogen) atoms. The van der Waals surface area contributed by atoms with E-state index in [1.165, 1.54) is 13.8 Å². The number of fused-ring (bicyclic) bond motifs is 3. The number of hydrogen-bond acceptors (Lipinski definition) is 5. The Morgan fingerprint density at radius 1 is 0.923 bits per heavy atom. The van der Waals surface area contributed by atoms with Gasteiger partial charge in [0.2, 0.25) is 11.8 Å². The van der Waals surface area contributed by atoms with E-state index >= 15 is 0 Å². The molecule has 0 spiro atoms. The van der Waals surface area contributed by atoms with E-state index in [-0.39, 0.29) is 18.9 Å². The van der Waals surface area contributed by atoms with Crippen molar-refractivity contribution >= 4 is 29.7 Å². The number of ether oxygens (including phenoxy) is 1. The molecule has 0 fully saturated rings. The average molecular weight is 531 g/mol. The molecule has 1 unspecified atom stereocenters. The van der Waals surface area contributed by atoms with Crippen molar-refractivity contribution in [3.63, 3.8) is 0 Å². The molecule has 0 saturated carbocycles. The van der Waals surface area contributed by atoms with Crippen molar-refractivity contribution in [1.29, 1.82) is 0 Å². The number of benzene rings is 3. The Bertz CT molecular complexity index is 1360. The summed E-state index contributed by atoms with van der Waals surface area (Å²) in [5, 5.41) is 16.5. The van der Waals surface area contributed by atoms with Gasteiger partial charge in [0.05, 0.1) is 0 Å². The van der Waals surface area contributed by atoms with Gasteiger partial charge >= 0.3 is 12.2 Å². The van der Waals surface area contributed by atoms with Gasteiger partial charge in [-0.3, -0.25) is 14.9 Å². The summed E-state index contributed by atoms with van der Waals surface area (Å²) in [5.74, 6) is -1.51. The van der Waals surface area contributed by atoms with E-state index in [0.717, 1.165) is 22.3 Å². The monoisotopic (exact) mass is 530 g/mol. The summed E-state index contributed by atoms with van der Waals surface area (Å²) in [6, 6.07) is 21.5. The fourth-order valence-corrected chi connectivity index (χ4v) is 4.53. The van der Waals surface area contributed by atoms with Gasteiger partial charge in [0.25, 0.3) is 0 Å². The quantitative estimate of drug-likeness (QED) is 0.284. The first-order valence-electron chi connectivity index (χ1n) is 12.4. The Morgan fingerprint density at radius 2 is 1.49 bits per heavy atom. The molecule has 0 bridgehead atoms. The summed E-state index contributed by atoms with van der Waals surface area (Å²) in [6.07, 6.45) is -1.98. The summed E-state index contributed by atoms with van der Waals surface area (Å²) < 4.78 is 5.56. The van der Waals surface area contributed by atoms with Crippen molar-refractivity contribution in [1.82, 2.24) is 10.6 Å². The molecule has 3 aromatic carbocycles. The number of carbonyl (C=O) groups is 4. The maximum atomic E-state index is 12.6. The maximum absolute atomic E-state index is 12.6. The van der Waals surface area contributed by atoms with E-state index in [1.807, 2.05) is 36.4 Å². The molecule has 1 aliphatic carbocycles. The SMILES string of the molecule is CC(C)(NC(=O)C(Cc1ccc(NC(=O)OCC2c3ccccc3-c3ccccc32)cc1)NC(=O)O)C(N)=O. The van der Waals surface area contributed by atoms with Crippen molar-refractivity contribution in [3.8, 4) is 11.1 Å². The molecule has 3 aromatic rings. The number of primary amides is 1. The van der Waals surface area contributed by atoms with Gasteiger partial charge in [0.1, 0.15) is 18.2 Å². The molecule has 4 amide bonds. The van der Waals surface area contributed by atoms with E-state index in [9.17, 15) is 19.2 Å². The number of nitrogens with one attached hydrogen (secondary N) is 3. The third-order valence-electron chi connectivity index (χ3n) is 6.65. The van der Waals surface area contributed by atoms with Gasteiger partial charge in [-0.15, -0.1) is 0 Å². The van der Waals surface area contributed by atoms with Crippen LogP contribution in [0.15, 0.2) is 72.8 Å². The topological polar surface area (TPSA) is 160 Å². The summed E-state index contributed by atoms with van der Waals surface area (Å²) in [6.45, 7) is 3.03. The van der Waals surface area contributed by atoms with E-state index < -0.39 is 35.6 Å². The van der Waals surface area contributed by atoms with Crippen LogP contribution in [0.5, 0.6) is 0 Å². The molecule has 4 rings (SSSR count). The molecular formula is C29H30N4O6. The largest absolute Gasteiger partial charge is 0.465 e. The van der Waals surface area contributed by atoms with E-state index in [1.54, 1.807) is 24.3 Å². The highest BCUT2D eigenvalue weighted by molar-refractivity contribution is 5.93. The van der Waals surface area contributed by atoms with Gasteiger partial charge in [-0.2, -0.15) is 0 Å². The molecule has 6 N–H and O–H groups in total. The Balaban J connectivity index is 1.36. The highest BCUT2D eigenvalue weighted by Gasteiger charge is 2.31. The zero-order valence-corrected chi connectivity index (χ0v) is 21.6. The van der Waals surface area contributed by atoms with Crippen LogP contribution in [0.1, 0.15) is 36.5 Å². The lowest BCUT2D eigenvalue weighted by molar-refractivity contribution is -0.131. The van der Waals surface area contributed by atoms with Crippen molar-refractivity contribution < 1.29 is 29.0 Å². The number of amides is 4. The first kappa shape index (κ1) is 27.2. The van der Waals surface area contributed by atoms with Crippen LogP contribution in [-0.2, 0) is 20.7 Å². The average Bonchev–Trinajstić information content (AvgIpc) is 3.21. The standard InChI is InChI=1S/C29H30N4O6/c1-29(2,26(30)35)33-25(34)24(32-27(36)37)15-17-11-13-18(14-12-17)31-28(38)39-16-23-21-9-5-3-7-19(21)20-8-4-6-10-22(20)23/h3-14,23-24,32H,15-16H2,1-2H3,(H2,30,35)(H,31,38)(H,33,34)(H,36,37). The maximum Gasteiger partial charge on any atom is 0.411 e. The van der Waals surface area contributed by atoms with Crippen LogP contribution < -0.4 is 21.7 Å². The van der Waals surface area contributed by atoms with Gasteiger partial charge in [0, 0.05) is 18.0 Å². The zero-order chi connectivity index (χ0) is 28.2. The number of rotatable bonds is 9. The van der Waals surface area contributed by atoms with E-state index in [2.05, 4.69) is 28.1 Å². The third-order valence-corrected chi connectivity index (χ3v) is 6.65. The predicted octanol–water partition coefficient (Wildman–Crippen LogP) is 3.61. The number of carboxylic acid groups (broad SMARTS) is 1. The second-order valence-electron chi connectivity index (χ2n) is 9.83. The minimum atomic E-state index is -1.39. The highest BCUT2D eigenvalue weighted by Crippen LogP contribution is 2.44. The fraction of sp³-hybridized carbons (Fsp3) is 0.241. The van der Waals surface area contributed by atoms with E-state index in [0.29, 0.717) is 11.3 Å². The number of anilines is 1. The normalized spacial score (nSPS) is 13.0. The van der Waals surface area contributed by atoms with Gasteiger partial charge in [-0.25, -0.2) is 9.59 Å². The summed E-state index contributed by atoms with van der Waals surface area (Å²) in [4.78, 5) is 48.0.